The smallest absolute Gasteiger partial charge is 0.338 e. The molecule has 0 aromatic heterocycles. The van der Waals surface area contributed by atoms with Crippen LogP contribution in [0.25, 0.3) is 0 Å². The van der Waals surface area contributed by atoms with Crippen molar-refractivity contribution in [3.05, 3.63) is 58.7 Å². The molecule has 0 unspecified atom stereocenters. The molecule has 0 saturated heterocycles. The topological polar surface area (TPSA) is 96.2 Å². The Labute approximate surface area is 222 Å². The lowest BCUT2D eigenvalue weighted by Crippen LogP contribution is -2.24. The first-order chi connectivity index (χ1) is 17.3. The molecule has 0 aliphatic carbocycles. The van der Waals surface area contributed by atoms with Crippen molar-refractivity contribution < 1.29 is 29.6 Å². The summed E-state index contributed by atoms with van der Waals surface area (Å²) in [5.41, 5.74) is 0.134. The first kappa shape index (κ1) is 30.7. The molecule has 0 aliphatic rings. The van der Waals surface area contributed by atoms with E-state index < -0.39 is 17.2 Å². The third-order valence-electron chi connectivity index (χ3n) is 7.15. The highest BCUT2D eigenvalue weighted by Gasteiger charge is 2.29. The summed E-state index contributed by atoms with van der Waals surface area (Å²) >= 11 is 0. The minimum atomic E-state index is -1.19. The standard InChI is InChI=1S/C31H46O6/c1-21(2)10-8-16-30(5,35)25-15-13-24(19-28(25)33)29(34)37-20-23-12-14-26(27(32)18-23)31(6,36-7)17-9-11-22(3)4/h12-15,18-19,21-22,32-33,35H,8-11,16-17,20H2,1-7H3/t30-,31-/m0/s1. The Morgan fingerprint density at radius 3 is 1.97 bits per heavy atom. The van der Waals surface area contributed by atoms with Gasteiger partial charge >= 0.3 is 5.97 Å². The van der Waals surface area contributed by atoms with Crippen LogP contribution in [0.3, 0.4) is 0 Å². The summed E-state index contributed by atoms with van der Waals surface area (Å²) in [4.78, 5) is 12.6. The number of aliphatic hydroxyl groups is 1. The van der Waals surface area contributed by atoms with Crippen molar-refractivity contribution in [2.45, 2.75) is 97.9 Å². The third-order valence-corrected chi connectivity index (χ3v) is 7.15. The van der Waals surface area contributed by atoms with Gasteiger partial charge in [-0.25, -0.2) is 4.79 Å². The molecule has 0 saturated carbocycles. The van der Waals surface area contributed by atoms with Gasteiger partial charge in [0.1, 0.15) is 18.1 Å². The molecule has 6 nitrogen and oxygen atoms in total. The average molecular weight is 515 g/mol. The van der Waals surface area contributed by atoms with Gasteiger partial charge in [-0.2, -0.15) is 0 Å². The maximum atomic E-state index is 12.6. The monoisotopic (exact) mass is 514 g/mol. The first-order valence-corrected chi connectivity index (χ1v) is 13.4. The summed E-state index contributed by atoms with van der Waals surface area (Å²) < 4.78 is 11.2. The van der Waals surface area contributed by atoms with Crippen molar-refractivity contribution in [1.82, 2.24) is 0 Å². The second kappa shape index (κ2) is 13.3. The van der Waals surface area contributed by atoms with E-state index in [1.165, 1.54) is 6.07 Å². The van der Waals surface area contributed by atoms with Gasteiger partial charge < -0.3 is 24.8 Å². The van der Waals surface area contributed by atoms with Crippen molar-refractivity contribution >= 4 is 5.97 Å². The highest BCUT2D eigenvalue weighted by Crippen LogP contribution is 2.37. The average Bonchev–Trinajstić information content (AvgIpc) is 2.81. The maximum absolute atomic E-state index is 12.6. The second-order valence-electron chi connectivity index (χ2n) is 11.4. The summed E-state index contributed by atoms with van der Waals surface area (Å²) in [6, 6.07) is 9.69. The van der Waals surface area contributed by atoms with E-state index in [4.69, 9.17) is 9.47 Å². The van der Waals surface area contributed by atoms with E-state index in [2.05, 4.69) is 27.7 Å². The van der Waals surface area contributed by atoms with Gasteiger partial charge in [0.05, 0.1) is 16.8 Å². The maximum Gasteiger partial charge on any atom is 0.338 e. The zero-order chi connectivity index (χ0) is 27.8. The van der Waals surface area contributed by atoms with Gasteiger partial charge in [0.2, 0.25) is 0 Å². The van der Waals surface area contributed by atoms with E-state index in [-0.39, 0.29) is 23.7 Å². The molecule has 37 heavy (non-hydrogen) atoms. The molecule has 0 aliphatic heterocycles. The Morgan fingerprint density at radius 2 is 1.43 bits per heavy atom. The number of benzene rings is 2. The number of phenolic OH excluding ortho intramolecular Hbond substituents is 2. The number of rotatable bonds is 14. The van der Waals surface area contributed by atoms with Crippen molar-refractivity contribution in [1.29, 1.82) is 0 Å². The van der Waals surface area contributed by atoms with Crippen molar-refractivity contribution in [2.24, 2.45) is 11.8 Å². The second-order valence-corrected chi connectivity index (χ2v) is 11.4. The largest absolute Gasteiger partial charge is 0.508 e. The summed E-state index contributed by atoms with van der Waals surface area (Å²) in [6.45, 7) is 12.3. The molecule has 206 valence electrons. The fourth-order valence-corrected chi connectivity index (χ4v) is 4.64. The number of methoxy groups -OCH3 is 1. The van der Waals surface area contributed by atoms with Gasteiger partial charge in [0.15, 0.2) is 0 Å². The molecular formula is C31H46O6. The number of phenols is 2. The molecule has 0 fully saturated rings. The van der Waals surface area contributed by atoms with Gasteiger partial charge in [-0.15, -0.1) is 0 Å². The highest BCUT2D eigenvalue weighted by atomic mass is 16.5. The molecule has 0 amide bonds. The van der Waals surface area contributed by atoms with E-state index in [9.17, 15) is 20.1 Å². The molecule has 0 radical (unpaired) electrons. The molecule has 2 aromatic rings. The zero-order valence-corrected chi connectivity index (χ0v) is 23.6. The molecule has 0 spiro atoms. The molecule has 6 heteroatoms. The SMILES string of the molecule is CO[C@@](C)(CCCC(C)C)c1ccc(COC(=O)c2ccc([C@@](C)(O)CCCC(C)C)c(O)c2)cc1O. The molecule has 3 N–H and O–H groups in total. The lowest BCUT2D eigenvalue weighted by atomic mass is 9.87. The van der Waals surface area contributed by atoms with Crippen LogP contribution in [0.1, 0.15) is 107 Å². The summed E-state index contributed by atoms with van der Waals surface area (Å²) in [5.74, 6) is 0.512. The van der Waals surface area contributed by atoms with E-state index in [1.54, 1.807) is 32.2 Å². The van der Waals surface area contributed by atoms with Gasteiger partial charge in [-0.3, -0.25) is 0 Å². The quantitative estimate of drug-likeness (QED) is 0.231. The fraction of sp³-hybridized carbons (Fsp3) is 0.581. The van der Waals surface area contributed by atoms with Crippen LogP contribution in [0.2, 0.25) is 0 Å². The van der Waals surface area contributed by atoms with E-state index >= 15 is 0 Å². The highest BCUT2D eigenvalue weighted by molar-refractivity contribution is 5.90. The van der Waals surface area contributed by atoms with Gasteiger partial charge in [0, 0.05) is 18.2 Å². The molecule has 2 atom stereocenters. The Hall–Kier alpha value is -2.57. The molecule has 0 bridgehead atoms. The predicted octanol–water partition coefficient (Wildman–Crippen LogP) is 7.18. The lowest BCUT2D eigenvalue weighted by Gasteiger charge is -2.30. The Balaban J connectivity index is 2.04. The molecule has 2 aromatic carbocycles. The Bertz CT molecular complexity index is 1030. The minimum Gasteiger partial charge on any atom is -0.508 e. The predicted molar refractivity (Wildman–Crippen MR) is 147 cm³/mol. The minimum absolute atomic E-state index is 0.0286. The van der Waals surface area contributed by atoms with Crippen molar-refractivity contribution in [2.75, 3.05) is 7.11 Å². The molecule has 2 rings (SSSR count). The molecule has 0 heterocycles. The van der Waals surface area contributed by atoms with Gasteiger partial charge in [0.25, 0.3) is 0 Å². The summed E-state index contributed by atoms with van der Waals surface area (Å²) in [6.07, 6.45) is 5.19. The van der Waals surface area contributed by atoms with Crippen LogP contribution < -0.4 is 0 Å². The number of carbonyl (C=O) groups excluding carboxylic acids is 1. The lowest BCUT2D eigenvalue weighted by molar-refractivity contribution is -0.00982. The van der Waals surface area contributed by atoms with Gasteiger partial charge in [-0.05, 0) is 75.1 Å². The number of ether oxygens (including phenoxy) is 2. The van der Waals surface area contributed by atoms with Crippen LogP contribution in [-0.4, -0.2) is 28.4 Å². The normalized spacial score (nSPS) is 15.0. The molecular weight excluding hydrogens is 468 g/mol. The number of hydrogen-bond donors (Lipinski definition) is 3. The van der Waals surface area contributed by atoms with Crippen LogP contribution in [0.4, 0.5) is 0 Å². The first-order valence-electron chi connectivity index (χ1n) is 13.4. The fourth-order valence-electron chi connectivity index (χ4n) is 4.64. The summed E-state index contributed by atoms with van der Waals surface area (Å²) in [5, 5.41) is 32.1. The van der Waals surface area contributed by atoms with Crippen molar-refractivity contribution in [3.63, 3.8) is 0 Å². The van der Waals surface area contributed by atoms with Crippen LogP contribution >= 0.6 is 0 Å². The van der Waals surface area contributed by atoms with Gasteiger partial charge in [-0.1, -0.05) is 58.7 Å². The van der Waals surface area contributed by atoms with E-state index in [0.717, 1.165) is 32.1 Å². The third kappa shape index (κ3) is 8.75. The van der Waals surface area contributed by atoms with Crippen LogP contribution in [-0.2, 0) is 27.3 Å². The van der Waals surface area contributed by atoms with Crippen molar-refractivity contribution in [3.8, 4) is 11.5 Å². The van der Waals surface area contributed by atoms with Crippen LogP contribution in [0.15, 0.2) is 36.4 Å². The number of esters is 1. The Kier molecular flexibility index (Phi) is 11.0. The summed E-state index contributed by atoms with van der Waals surface area (Å²) in [7, 11) is 1.65. The number of aromatic hydroxyl groups is 2. The van der Waals surface area contributed by atoms with E-state index in [1.807, 2.05) is 19.1 Å². The number of hydrogen-bond acceptors (Lipinski definition) is 6. The zero-order valence-electron chi connectivity index (χ0n) is 23.6. The number of carbonyl (C=O) groups is 1. The van der Waals surface area contributed by atoms with Crippen LogP contribution in [0.5, 0.6) is 11.5 Å². The van der Waals surface area contributed by atoms with E-state index in [0.29, 0.717) is 34.9 Å². The Morgan fingerprint density at radius 1 is 0.865 bits per heavy atom. The van der Waals surface area contributed by atoms with Crippen LogP contribution in [0, 0.1) is 11.8 Å².